The second-order valence-corrected chi connectivity index (χ2v) is 6.88. The van der Waals surface area contributed by atoms with Gasteiger partial charge in [0.1, 0.15) is 11.8 Å². The Morgan fingerprint density at radius 3 is 2.25 bits per heavy atom. The molecule has 0 saturated carbocycles. The van der Waals surface area contributed by atoms with E-state index in [1.54, 1.807) is 7.11 Å². The predicted molar refractivity (Wildman–Crippen MR) is 99.9 cm³/mol. The van der Waals surface area contributed by atoms with Crippen molar-refractivity contribution in [1.29, 1.82) is 0 Å². The van der Waals surface area contributed by atoms with Crippen LogP contribution in [-0.4, -0.2) is 19.1 Å². The van der Waals surface area contributed by atoms with Crippen LogP contribution in [0.4, 0.5) is 11.4 Å². The average molecular weight is 326 g/mol. The molecule has 0 aliphatic heterocycles. The smallest absolute Gasteiger partial charge is 0.246 e. The number of carbonyl (C=O) groups excluding carboxylic acids is 1. The fourth-order valence-corrected chi connectivity index (χ4v) is 2.37. The van der Waals surface area contributed by atoms with E-state index >= 15 is 0 Å². The van der Waals surface area contributed by atoms with Crippen molar-refractivity contribution in [1.82, 2.24) is 0 Å². The predicted octanol–water partition coefficient (Wildman–Crippen LogP) is 4.43. The first-order valence-electron chi connectivity index (χ1n) is 8.12. The highest BCUT2D eigenvalue weighted by atomic mass is 16.5. The van der Waals surface area contributed by atoms with Crippen LogP contribution in [0.15, 0.2) is 48.5 Å². The molecule has 0 spiro atoms. The van der Waals surface area contributed by atoms with Gasteiger partial charge in [-0.1, -0.05) is 45.0 Å². The minimum absolute atomic E-state index is 0.0931. The number of hydrogen-bond donors (Lipinski definition) is 2. The molecule has 0 fully saturated rings. The highest BCUT2D eigenvalue weighted by molar-refractivity contribution is 5.96. The summed E-state index contributed by atoms with van der Waals surface area (Å²) in [6.07, 6.45) is 0. The molecular formula is C20H26N2O2. The van der Waals surface area contributed by atoms with Crippen molar-refractivity contribution >= 4 is 17.3 Å². The van der Waals surface area contributed by atoms with E-state index in [0.29, 0.717) is 5.75 Å². The van der Waals surface area contributed by atoms with Crippen molar-refractivity contribution < 1.29 is 9.53 Å². The van der Waals surface area contributed by atoms with Crippen LogP contribution in [0.3, 0.4) is 0 Å². The van der Waals surface area contributed by atoms with Crippen molar-refractivity contribution in [2.45, 2.75) is 39.2 Å². The summed E-state index contributed by atoms with van der Waals surface area (Å²) < 4.78 is 5.30. The number of benzene rings is 2. The number of anilines is 2. The molecule has 0 bridgehead atoms. The summed E-state index contributed by atoms with van der Waals surface area (Å²) in [5, 5.41) is 6.12. The molecule has 128 valence electrons. The zero-order chi connectivity index (χ0) is 17.7. The Kier molecular flexibility index (Phi) is 5.50. The highest BCUT2D eigenvalue weighted by Crippen LogP contribution is 2.25. The molecule has 2 aromatic rings. The number of para-hydroxylation sites is 2. The van der Waals surface area contributed by atoms with Gasteiger partial charge in [0, 0.05) is 5.69 Å². The van der Waals surface area contributed by atoms with Gasteiger partial charge in [-0.2, -0.15) is 0 Å². The fourth-order valence-electron chi connectivity index (χ4n) is 2.37. The molecule has 0 heterocycles. The van der Waals surface area contributed by atoms with Gasteiger partial charge in [0.2, 0.25) is 5.91 Å². The van der Waals surface area contributed by atoms with Crippen molar-refractivity contribution in [2.24, 2.45) is 0 Å². The largest absolute Gasteiger partial charge is 0.495 e. The summed E-state index contributed by atoms with van der Waals surface area (Å²) in [5.74, 6) is 0.621. The van der Waals surface area contributed by atoms with Gasteiger partial charge in [-0.25, -0.2) is 0 Å². The van der Waals surface area contributed by atoms with Crippen molar-refractivity contribution in [3.05, 3.63) is 54.1 Å². The molecule has 0 aliphatic carbocycles. The SMILES string of the molecule is COc1ccccc1NC(C)C(=O)Nc1ccc(C(C)(C)C)cc1. The van der Waals surface area contributed by atoms with E-state index < -0.39 is 0 Å². The average Bonchev–Trinajstić information content (AvgIpc) is 2.55. The second kappa shape index (κ2) is 7.39. The molecule has 1 unspecified atom stereocenters. The Hall–Kier alpha value is -2.49. The first-order chi connectivity index (χ1) is 11.3. The van der Waals surface area contributed by atoms with Crippen LogP contribution in [-0.2, 0) is 10.2 Å². The Labute approximate surface area is 144 Å². The highest BCUT2D eigenvalue weighted by Gasteiger charge is 2.16. The molecule has 2 aromatic carbocycles. The van der Waals surface area contributed by atoms with E-state index in [1.807, 2.05) is 55.5 Å². The summed E-state index contributed by atoms with van der Waals surface area (Å²) in [5.41, 5.74) is 2.93. The number of nitrogens with one attached hydrogen (secondary N) is 2. The van der Waals surface area contributed by atoms with Crippen LogP contribution in [0.25, 0.3) is 0 Å². The van der Waals surface area contributed by atoms with Gasteiger partial charge in [-0.3, -0.25) is 4.79 Å². The van der Waals surface area contributed by atoms with E-state index in [1.165, 1.54) is 5.56 Å². The zero-order valence-electron chi connectivity index (χ0n) is 15.0. The normalized spacial score (nSPS) is 12.4. The van der Waals surface area contributed by atoms with Gasteiger partial charge < -0.3 is 15.4 Å². The van der Waals surface area contributed by atoms with E-state index in [2.05, 4.69) is 31.4 Å². The Morgan fingerprint density at radius 2 is 1.67 bits per heavy atom. The van der Waals surface area contributed by atoms with E-state index in [-0.39, 0.29) is 17.4 Å². The molecule has 0 aliphatic rings. The Bertz CT molecular complexity index is 688. The number of carbonyl (C=O) groups is 1. The number of methoxy groups -OCH3 is 1. The summed E-state index contributed by atoms with van der Waals surface area (Å²) in [6.45, 7) is 8.32. The van der Waals surface area contributed by atoms with Crippen LogP contribution in [0.2, 0.25) is 0 Å². The lowest BCUT2D eigenvalue weighted by Gasteiger charge is -2.20. The quantitative estimate of drug-likeness (QED) is 0.854. The maximum atomic E-state index is 12.4. The maximum absolute atomic E-state index is 12.4. The summed E-state index contributed by atoms with van der Waals surface area (Å²) >= 11 is 0. The van der Waals surface area contributed by atoms with Crippen molar-refractivity contribution in [3.63, 3.8) is 0 Å². The summed E-state index contributed by atoms with van der Waals surface area (Å²) in [7, 11) is 1.61. The monoisotopic (exact) mass is 326 g/mol. The second-order valence-electron chi connectivity index (χ2n) is 6.88. The van der Waals surface area contributed by atoms with E-state index in [4.69, 9.17) is 4.74 Å². The third-order valence-corrected chi connectivity index (χ3v) is 3.89. The summed E-state index contributed by atoms with van der Waals surface area (Å²) in [6, 6.07) is 15.1. The lowest BCUT2D eigenvalue weighted by molar-refractivity contribution is -0.116. The lowest BCUT2D eigenvalue weighted by Crippen LogP contribution is -2.32. The molecule has 4 nitrogen and oxygen atoms in total. The van der Waals surface area contributed by atoms with Crippen LogP contribution in [0.1, 0.15) is 33.3 Å². The van der Waals surface area contributed by atoms with Gasteiger partial charge in [-0.15, -0.1) is 0 Å². The Morgan fingerprint density at radius 1 is 1.04 bits per heavy atom. The third-order valence-electron chi connectivity index (χ3n) is 3.89. The van der Waals surface area contributed by atoms with Crippen molar-refractivity contribution in [2.75, 3.05) is 17.7 Å². The number of ether oxygens (including phenoxy) is 1. The van der Waals surface area contributed by atoms with Gasteiger partial charge in [-0.05, 0) is 42.2 Å². The van der Waals surface area contributed by atoms with E-state index in [9.17, 15) is 4.79 Å². The topological polar surface area (TPSA) is 50.4 Å². The van der Waals surface area contributed by atoms with Crippen molar-refractivity contribution in [3.8, 4) is 5.75 Å². The van der Waals surface area contributed by atoms with Crippen LogP contribution in [0, 0.1) is 0 Å². The summed E-state index contributed by atoms with van der Waals surface area (Å²) in [4.78, 5) is 12.4. The van der Waals surface area contributed by atoms with Crippen LogP contribution in [0.5, 0.6) is 5.75 Å². The minimum atomic E-state index is -0.386. The number of amides is 1. The molecule has 0 aromatic heterocycles. The first-order valence-corrected chi connectivity index (χ1v) is 8.12. The number of rotatable bonds is 5. The van der Waals surface area contributed by atoms with Gasteiger partial charge in [0.15, 0.2) is 0 Å². The minimum Gasteiger partial charge on any atom is -0.495 e. The van der Waals surface area contributed by atoms with Crippen LogP contribution < -0.4 is 15.4 Å². The number of hydrogen-bond acceptors (Lipinski definition) is 3. The fraction of sp³-hybridized carbons (Fsp3) is 0.350. The van der Waals surface area contributed by atoms with Gasteiger partial charge in [0.25, 0.3) is 0 Å². The molecule has 2 N–H and O–H groups in total. The zero-order valence-corrected chi connectivity index (χ0v) is 15.0. The first kappa shape index (κ1) is 17.9. The molecule has 4 heteroatoms. The van der Waals surface area contributed by atoms with Crippen LogP contribution >= 0.6 is 0 Å². The molecule has 0 radical (unpaired) electrons. The van der Waals surface area contributed by atoms with Gasteiger partial charge in [0.05, 0.1) is 12.8 Å². The third kappa shape index (κ3) is 4.51. The molecule has 2 rings (SSSR count). The molecular weight excluding hydrogens is 300 g/mol. The molecule has 1 atom stereocenters. The van der Waals surface area contributed by atoms with Gasteiger partial charge >= 0.3 is 0 Å². The maximum Gasteiger partial charge on any atom is 0.246 e. The molecule has 0 saturated heterocycles. The lowest BCUT2D eigenvalue weighted by atomic mass is 9.87. The molecule has 24 heavy (non-hydrogen) atoms. The molecule has 1 amide bonds. The van der Waals surface area contributed by atoms with E-state index in [0.717, 1.165) is 11.4 Å². The Balaban J connectivity index is 2.01. The standard InChI is InChI=1S/C20H26N2O2/c1-14(21-17-8-6-7-9-18(17)24-5)19(23)22-16-12-10-15(11-13-16)20(2,3)4/h6-14,21H,1-5H3,(H,22,23).